The highest BCUT2D eigenvalue weighted by atomic mass is 15.2. The average molecular weight is 170 g/mol. The van der Waals surface area contributed by atoms with Gasteiger partial charge < -0.3 is 5.73 Å². The Labute approximate surface area is 76.1 Å². The molecule has 1 fully saturated rings. The molecule has 12 heavy (non-hydrogen) atoms. The first-order chi connectivity index (χ1) is 5.66. The maximum Gasteiger partial charge on any atom is 0.0331 e. The van der Waals surface area contributed by atoms with Gasteiger partial charge in [-0.25, -0.2) is 0 Å². The lowest BCUT2D eigenvalue weighted by molar-refractivity contribution is 0.0159. The van der Waals surface area contributed by atoms with Gasteiger partial charge >= 0.3 is 0 Å². The van der Waals surface area contributed by atoms with Gasteiger partial charge in [-0.1, -0.05) is 6.92 Å². The van der Waals surface area contributed by atoms with E-state index >= 15 is 0 Å². The zero-order valence-corrected chi connectivity index (χ0v) is 8.64. The molecular weight excluding hydrogens is 148 g/mol. The maximum absolute atomic E-state index is 5.82. The fraction of sp³-hybridized carbons (Fsp3) is 1.00. The third-order valence-electron chi connectivity index (χ3n) is 3.66. The highest BCUT2D eigenvalue weighted by Crippen LogP contribution is 2.37. The fourth-order valence-electron chi connectivity index (χ4n) is 2.03. The van der Waals surface area contributed by atoms with Crippen LogP contribution >= 0.6 is 0 Å². The van der Waals surface area contributed by atoms with Crippen molar-refractivity contribution in [2.24, 2.45) is 5.73 Å². The summed E-state index contributed by atoms with van der Waals surface area (Å²) in [5, 5.41) is 0. The van der Waals surface area contributed by atoms with E-state index in [0.717, 1.165) is 6.54 Å². The van der Waals surface area contributed by atoms with Crippen LogP contribution < -0.4 is 5.73 Å². The summed E-state index contributed by atoms with van der Waals surface area (Å²) in [7, 11) is 2.22. The van der Waals surface area contributed by atoms with Gasteiger partial charge in [-0.3, -0.25) is 4.90 Å². The normalized spacial score (nSPS) is 23.8. The monoisotopic (exact) mass is 170 g/mol. The highest BCUT2D eigenvalue weighted by Gasteiger charge is 2.40. The van der Waals surface area contributed by atoms with Crippen LogP contribution in [0.4, 0.5) is 0 Å². The van der Waals surface area contributed by atoms with Crippen molar-refractivity contribution in [1.29, 1.82) is 0 Å². The molecule has 1 atom stereocenters. The molecule has 1 aliphatic carbocycles. The van der Waals surface area contributed by atoms with Crippen molar-refractivity contribution in [1.82, 2.24) is 4.90 Å². The number of nitrogens with zero attached hydrogens (tertiary/aromatic N) is 1. The van der Waals surface area contributed by atoms with Gasteiger partial charge in [0.25, 0.3) is 0 Å². The molecule has 0 heterocycles. The Balaban J connectivity index is 2.53. The lowest BCUT2D eigenvalue weighted by Crippen LogP contribution is -2.59. The van der Waals surface area contributed by atoms with E-state index in [4.69, 9.17) is 5.73 Å². The summed E-state index contributed by atoms with van der Waals surface area (Å²) in [5.41, 5.74) is 6.18. The quantitative estimate of drug-likeness (QED) is 0.694. The van der Waals surface area contributed by atoms with E-state index in [0.29, 0.717) is 11.6 Å². The molecule has 1 rings (SSSR count). The van der Waals surface area contributed by atoms with Gasteiger partial charge in [0.15, 0.2) is 0 Å². The summed E-state index contributed by atoms with van der Waals surface area (Å²) in [4.78, 5) is 2.48. The topological polar surface area (TPSA) is 29.3 Å². The molecule has 1 aliphatic rings. The molecule has 0 aromatic rings. The Kier molecular flexibility index (Phi) is 3.13. The first-order valence-corrected chi connectivity index (χ1v) is 5.09. The van der Waals surface area contributed by atoms with Crippen LogP contribution in [0, 0.1) is 0 Å². The molecule has 0 aromatic carbocycles. The van der Waals surface area contributed by atoms with Crippen molar-refractivity contribution in [3.8, 4) is 0 Å². The lowest BCUT2D eigenvalue weighted by atomic mass is 9.75. The second-order valence-corrected chi connectivity index (χ2v) is 4.15. The third-order valence-corrected chi connectivity index (χ3v) is 3.66. The Hall–Kier alpha value is -0.0800. The van der Waals surface area contributed by atoms with Crippen LogP contribution in [0.2, 0.25) is 0 Å². The molecule has 72 valence electrons. The third kappa shape index (κ3) is 1.50. The van der Waals surface area contributed by atoms with Crippen LogP contribution in [0.5, 0.6) is 0 Å². The molecule has 0 spiro atoms. The molecule has 0 aliphatic heterocycles. The van der Waals surface area contributed by atoms with E-state index in [1.807, 2.05) is 0 Å². The van der Waals surface area contributed by atoms with E-state index in [2.05, 4.69) is 25.8 Å². The van der Waals surface area contributed by atoms with E-state index in [-0.39, 0.29) is 0 Å². The minimum atomic E-state index is 0.357. The van der Waals surface area contributed by atoms with Crippen molar-refractivity contribution in [2.45, 2.75) is 51.1 Å². The molecule has 1 saturated carbocycles. The summed E-state index contributed by atoms with van der Waals surface area (Å²) in [6.45, 7) is 5.35. The van der Waals surface area contributed by atoms with Crippen LogP contribution in [-0.2, 0) is 0 Å². The highest BCUT2D eigenvalue weighted by molar-refractivity contribution is 4.98. The van der Waals surface area contributed by atoms with Crippen molar-refractivity contribution >= 4 is 0 Å². The van der Waals surface area contributed by atoms with Gasteiger partial charge in [0.1, 0.15) is 0 Å². The molecular formula is C10H22N2. The fourth-order valence-corrected chi connectivity index (χ4v) is 2.03. The number of likely N-dealkylation sites (N-methyl/N-ethyl adjacent to an activating group) is 1. The minimum absolute atomic E-state index is 0.357. The summed E-state index contributed by atoms with van der Waals surface area (Å²) in [5.74, 6) is 0. The standard InChI is InChI=1S/C10H22N2/c1-4-9(2)12(3)10(8-11)6-5-7-10/h9H,4-8,11H2,1-3H3. The summed E-state index contributed by atoms with van der Waals surface area (Å²) in [6.07, 6.45) is 5.17. The lowest BCUT2D eigenvalue weighted by Gasteiger charge is -2.50. The largest absolute Gasteiger partial charge is 0.329 e. The first kappa shape index (κ1) is 10.0. The van der Waals surface area contributed by atoms with Crippen LogP contribution in [0.3, 0.4) is 0 Å². The molecule has 2 N–H and O–H groups in total. The van der Waals surface area contributed by atoms with Gasteiger partial charge in [0.05, 0.1) is 0 Å². The molecule has 0 bridgehead atoms. The summed E-state index contributed by atoms with van der Waals surface area (Å²) >= 11 is 0. The van der Waals surface area contributed by atoms with Gasteiger partial charge in [-0.15, -0.1) is 0 Å². The number of hydrogen-bond acceptors (Lipinski definition) is 2. The first-order valence-electron chi connectivity index (χ1n) is 5.09. The number of nitrogens with two attached hydrogens (primary N) is 1. The van der Waals surface area contributed by atoms with Crippen LogP contribution in [-0.4, -0.2) is 30.1 Å². The Bertz CT molecular complexity index is 135. The van der Waals surface area contributed by atoms with E-state index in [1.54, 1.807) is 0 Å². The average Bonchev–Trinajstić information content (AvgIpc) is 2.02. The second kappa shape index (κ2) is 3.75. The number of rotatable bonds is 4. The van der Waals surface area contributed by atoms with Crippen molar-refractivity contribution in [2.75, 3.05) is 13.6 Å². The number of hydrogen-bond donors (Lipinski definition) is 1. The van der Waals surface area contributed by atoms with Crippen molar-refractivity contribution in [3.63, 3.8) is 0 Å². The second-order valence-electron chi connectivity index (χ2n) is 4.15. The van der Waals surface area contributed by atoms with E-state index in [1.165, 1.54) is 25.7 Å². The van der Waals surface area contributed by atoms with Gasteiger partial charge in [-0.2, -0.15) is 0 Å². The Morgan fingerprint density at radius 2 is 2.08 bits per heavy atom. The smallest absolute Gasteiger partial charge is 0.0331 e. The Morgan fingerprint density at radius 3 is 2.33 bits per heavy atom. The minimum Gasteiger partial charge on any atom is -0.329 e. The van der Waals surface area contributed by atoms with Gasteiger partial charge in [0, 0.05) is 18.1 Å². The molecule has 1 unspecified atom stereocenters. The van der Waals surface area contributed by atoms with E-state index in [9.17, 15) is 0 Å². The van der Waals surface area contributed by atoms with Crippen LogP contribution in [0.1, 0.15) is 39.5 Å². The molecule has 2 nitrogen and oxygen atoms in total. The predicted octanol–water partition coefficient (Wildman–Crippen LogP) is 1.60. The predicted molar refractivity (Wildman–Crippen MR) is 53.2 cm³/mol. The zero-order valence-electron chi connectivity index (χ0n) is 8.64. The van der Waals surface area contributed by atoms with Crippen molar-refractivity contribution < 1.29 is 0 Å². The van der Waals surface area contributed by atoms with Gasteiger partial charge in [0.2, 0.25) is 0 Å². The zero-order chi connectivity index (χ0) is 9.19. The molecule has 0 amide bonds. The van der Waals surface area contributed by atoms with Crippen LogP contribution in [0.25, 0.3) is 0 Å². The SMILES string of the molecule is CCC(C)N(C)C1(CN)CCC1. The molecule has 0 saturated heterocycles. The maximum atomic E-state index is 5.82. The van der Waals surface area contributed by atoms with Crippen molar-refractivity contribution in [3.05, 3.63) is 0 Å². The molecule has 0 aromatic heterocycles. The van der Waals surface area contributed by atoms with Crippen LogP contribution in [0.15, 0.2) is 0 Å². The summed E-state index contributed by atoms with van der Waals surface area (Å²) in [6, 6.07) is 0.675. The van der Waals surface area contributed by atoms with E-state index < -0.39 is 0 Å². The molecule has 2 heteroatoms. The summed E-state index contributed by atoms with van der Waals surface area (Å²) < 4.78 is 0. The Morgan fingerprint density at radius 1 is 1.50 bits per heavy atom. The van der Waals surface area contributed by atoms with Gasteiger partial charge in [-0.05, 0) is 39.7 Å². The molecule has 0 radical (unpaired) electrons.